The number of anilines is 1. The van der Waals surface area contributed by atoms with Crippen LogP contribution in [0.1, 0.15) is 30.4 Å². The molecule has 194 valence electrons. The van der Waals surface area contributed by atoms with Gasteiger partial charge in [0, 0.05) is 44.4 Å². The molecule has 4 rings (SSSR count). The Morgan fingerprint density at radius 1 is 1.00 bits per heavy atom. The minimum atomic E-state index is -0.476. The lowest BCUT2D eigenvalue weighted by Gasteiger charge is -2.36. The van der Waals surface area contributed by atoms with Gasteiger partial charge in [-0.25, -0.2) is 4.39 Å². The van der Waals surface area contributed by atoms with E-state index in [2.05, 4.69) is 10.2 Å². The summed E-state index contributed by atoms with van der Waals surface area (Å²) in [6.07, 6.45) is 2.85. The van der Waals surface area contributed by atoms with Crippen molar-refractivity contribution in [1.29, 1.82) is 0 Å². The molecule has 2 aliphatic rings. The quantitative estimate of drug-likeness (QED) is 0.599. The van der Waals surface area contributed by atoms with Crippen LogP contribution in [0.4, 0.5) is 10.1 Å². The maximum absolute atomic E-state index is 13.6. The molecule has 0 radical (unpaired) electrons. The average molecular weight is 500 g/mol. The first-order valence-electron chi connectivity index (χ1n) is 12.3. The van der Waals surface area contributed by atoms with Crippen molar-refractivity contribution in [3.63, 3.8) is 0 Å². The lowest BCUT2D eigenvalue weighted by atomic mass is 9.93. The predicted molar refractivity (Wildman–Crippen MR) is 134 cm³/mol. The van der Waals surface area contributed by atoms with Crippen molar-refractivity contribution in [3.8, 4) is 17.2 Å². The largest absolute Gasteiger partial charge is 0.494 e. The van der Waals surface area contributed by atoms with Crippen molar-refractivity contribution in [2.24, 2.45) is 5.92 Å². The van der Waals surface area contributed by atoms with Gasteiger partial charge in [-0.2, -0.15) is 0 Å². The maximum atomic E-state index is 13.6. The van der Waals surface area contributed by atoms with Crippen molar-refractivity contribution in [2.45, 2.75) is 32.2 Å². The van der Waals surface area contributed by atoms with E-state index in [0.29, 0.717) is 49.8 Å². The van der Waals surface area contributed by atoms with Crippen LogP contribution in [0.3, 0.4) is 0 Å². The van der Waals surface area contributed by atoms with Gasteiger partial charge in [0.2, 0.25) is 11.8 Å². The summed E-state index contributed by atoms with van der Waals surface area (Å²) in [4.78, 5) is 30.0. The summed E-state index contributed by atoms with van der Waals surface area (Å²) < 4.78 is 29.4. The van der Waals surface area contributed by atoms with E-state index in [1.165, 1.54) is 30.9 Å². The summed E-state index contributed by atoms with van der Waals surface area (Å²) >= 11 is 0. The number of amides is 2. The Morgan fingerprint density at radius 2 is 1.72 bits per heavy atom. The van der Waals surface area contributed by atoms with E-state index < -0.39 is 5.82 Å². The van der Waals surface area contributed by atoms with Gasteiger partial charge in [0.05, 0.1) is 27.2 Å². The molecule has 1 saturated heterocycles. The van der Waals surface area contributed by atoms with E-state index in [1.807, 2.05) is 17.0 Å². The van der Waals surface area contributed by atoms with Gasteiger partial charge in [-0.1, -0.05) is 0 Å². The van der Waals surface area contributed by atoms with E-state index in [-0.39, 0.29) is 23.5 Å². The van der Waals surface area contributed by atoms with Gasteiger partial charge in [0.15, 0.2) is 23.1 Å². The summed E-state index contributed by atoms with van der Waals surface area (Å²) in [5, 5.41) is 2.79. The number of hydrogen-bond acceptors (Lipinski definition) is 6. The molecule has 1 fully saturated rings. The molecule has 0 aliphatic carbocycles. The van der Waals surface area contributed by atoms with Crippen LogP contribution in [0.5, 0.6) is 17.2 Å². The summed E-state index contributed by atoms with van der Waals surface area (Å²) in [7, 11) is 4.62. The molecule has 9 heteroatoms. The molecule has 1 unspecified atom stereocenters. The molecule has 1 atom stereocenters. The molecule has 2 aromatic carbocycles. The van der Waals surface area contributed by atoms with Crippen molar-refractivity contribution < 1.29 is 28.2 Å². The van der Waals surface area contributed by atoms with Crippen LogP contribution in [-0.4, -0.2) is 69.1 Å². The molecule has 0 aromatic heterocycles. The highest BCUT2D eigenvalue weighted by Gasteiger charge is 2.31. The topological polar surface area (TPSA) is 80.3 Å². The zero-order valence-corrected chi connectivity index (χ0v) is 21.1. The van der Waals surface area contributed by atoms with Crippen LogP contribution in [-0.2, 0) is 22.6 Å². The highest BCUT2D eigenvalue weighted by molar-refractivity contribution is 5.91. The standard InChI is InChI=1S/C27H34FN3O5/c1-34-23-15-21(6-7-22(23)28)29-26(32)9-11-30-10-4-5-19(16-30)27(33)31-12-8-18-13-24(35-2)25(36-3)14-20(18)17-31/h6-7,13-15,19H,4-5,8-12,16-17H2,1-3H3,(H,29,32). The number of nitrogens with zero attached hydrogens (tertiary/aromatic N) is 2. The zero-order valence-electron chi connectivity index (χ0n) is 21.1. The number of methoxy groups -OCH3 is 3. The Balaban J connectivity index is 1.30. The van der Waals surface area contributed by atoms with Gasteiger partial charge in [-0.15, -0.1) is 0 Å². The van der Waals surface area contributed by atoms with Gasteiger partial charge in [-0.3, -0.25) is 9.59 Å². The summed E-state index contributed by atoms with van der Waals surface area (Å²) in [6.45, 7) is 3.32. The third kappa shape index (κ3) is 5.90. The number of nitrogens with one attached hydrogen (secondary N) is 1. The first-order valence-corrected chi connectivity index (χ1v) is 12.3. The Bertz CT molecular complexity index is 1110. The second kappa shape index (κ2) is 11.6. The van der Waals surface area contributed by atoms with Crippen molar-refractivity contribution in [1.82, 2.24) is 9.80 Å². The molecule has 0 bridgehead atoms. The van der Waals surface area contributed by atoms with Crippen LogP contribution in [0, 0.1) is 11.7 Å². The van der Waals surface area contributed by atoms with Crippen LogP contribution < -0.4 is 19.5 Å². The van der Waals surface area contributed by atoms with Gasteiger partial charge in [-0.05, 0) is 61.2 Å². The van der Waals surface area contributed by atoms with Crippen molar-refractivity contribution >= 4 is 17.5 Å². The molecule has 2 amide bonds. The molecule has 2 aromatic rings. The Kier molecular flexibility index (Phi) is 8.30. The number of fused-ring (bicyclic) bond motifs is 1. The van der Waals surface area contributed by atoms with Crippen molar-refractivity contribution in [2.75, 3.05) is 52.8 Å². The van der Waals surface area contributed by atoms with Gasteiger partial charge in [0.1, 0.15) is 0 Å². The first kappa shape index (κ1) is 25.8. The smallest absolute Gasteiger partial charge is 0.227 e. The molecular weight excluding hydrogens is 465 g/mol. The lowest BCUT2D eigenvalue weighted by molar-refractivity contribution is -0.138. The van der Waals surface area contributed by atoms with E-state index >= 15 is 0 Å². The van der Waals surface area contributed by atoms with Crippen LogP contribution in [0.15, 0.2) is 30.3 Å². The van der Waals surface area contributed by atoms with Crippen molar-refractivity contribution in [3.05, 3.63) is 47.3 Å². The third-order valence-electron chi connectivity index (χ3n) is 6.97. The Hall–Kier alpha value is -3.33. The van der Waals surface area contributed by atoms with Gasteiger partial charge >= 0.3 is 0 Å². The second-order valence-corrected chi connectivity index (χ2v) is 9.27. The molecule has 8 nitrogen and oxygen atoms in total. The van der Waals surface area contributed by atoms with Gasteiger partial charge < -0.3 is 29.3 Å². The third-order valence-corrected chi connectivity index (χ3v) is 6.97. The monoisotopic (exact) mass is 499 g/mol. The van der Waals surface area contributed by atoms with E-state index in [4.69, 9.17) is 14.2 Å². The number of hydrogen-bond donors (Lipinski definition) is 1. The first-order chi connectivity index (χ1) is 17.4. The fourth-order valence-electron chi connectivity index (χ4n) is 5.01. The van der Waals surface area contributed by atoms with Gasteiger partial charge in [0.25, 0.3) is 0 Å². The number of carbonyl (C=O) groups excluding carboxylic acids is 2. The number of halogens is 1. The number of carbonyl (C=O) groups is 2. The lowest BCUT2D eigenvalue weighted by Crippen LogP contribution is -2.46. The molecule has 2 heterocycles. The predicted octanol–water partition coefficient (Wildman–Crippen LogP) is 3.48. The summed E-state index contributed by atoms with van der Waals surface area (Å²) in [5.74, 6) is 0.925. The highest BCUT2D eigenvalue weighted by atomic mass is 19.1. The fraction of sp³-hybridized carbons (Fsp3) is 0.481. The highest BCUT2D eigenvalue weighted by Crippen LogP contribution is 2.34. The van der Waals surface area contributed by atoms with Crippen LogP contribution in [0.25, 0.3) is 0 Å². The normalized spacial score (nSPS) is 17.8. The molecule has 2 aliphatic heterocycles. The molecule has 1 N–H and O–H groups in total. The van der Waals surface area contributed by atoms with Crippen LogP contribution >= 0.6 is 0 Å². The number of likely N-dealkylation sites (tertiary alicyclic amines) is 1. The van der Waals surface area contributed by atoms with E-state index in [9.17, 15) is 14.0 Å². The number of ether oxygens (including phenoxy) is 3. The molecule has 0 spiro atoms. The summed E-state index contributed by atoms with van der Waals surface area (Å²) in [6, 6.07) is 8.21. The average Bonchev–Trinajstić information content (AvgIpc) is 2.91. The van der Waals surface area contributed by atoms with E-state index in [0.717, 1.165) is 31.4 Å². The maximum Gasteiger partial charge on any atom is 0.227 e. The number of piperidine rings is 1. The number of benzene rings is 2. The SMILES string of the molecule is COc1cc(NC(=O)CCN2CCCC(C(=O)N3CCc4cc(OC)c(OC)cc4C3)C2)ccc1F. The van der Waals surface area contributed by atoms with E-state index in [1.54, 1.807) is 14.2 Å². The second-order valence-electron chi connectivity index (χ2n) is 9.27. The summed E-state index contributed by atoms with van der Waals surface area (Å²) in [5.41, 5.74) is 2.77. The Morgan fingerprint density at radius 3 is 2.44 bits per heavy atom. The number of rotatable bonds is 8. The minimum absolute atomic E-state index is 0.0788. The molecule has 36 heavy (non-hydrogen) atoms. The minimum Gasteiger partial charge on any atom is -0.494 e. The molecular formula is C27H34FN3O5. The zero-order chi connectivity index (χ0) is 25.7. The Labute approximate surface area is 211 Å². The fourth-order valence-corrected chi connectivity index (χ4v) is 5.01. The molecule has 0 saturated carbocycles. The van der Waals surface area contributed by atoms with Crippen LogP contribution in [0.2, 0.25) is 0 Å².